The van der Waals surface area contributed by atoms with Gasteiger partial charge in [-0.25, -0.2) is 4.98 Å². The maximum absolute atomic E-state index is 10.9. The van der Waals surface area contributed by atoms with Crippen molar-refractivity contribution in [1.29, 1.82) is 0 Å². The molecule has 0 aliphatic carbocycles. The van der Waals surface area contributed by atoms with Gasteiger partial charge in [-0.15, -0.1) is 0 Å². The van der Waals surface area contributed by atoms with Gasteiger partial charge in [-0.05, 0) is 23.3 Å². The Labute approximate surface area is 103 Å². The second-order valence-electron chi connectivity index (χ2n) is 3.21. The third kappa shape index (κ3) is 2.23. The van der Waals surface area contributed by atoms with Crippen molar-refractivity contribution in [2.75, 3.05) is 0 Å². The Morgan fingerprint density at radius 1 is 1.06 bits per heavy atom. The average molecular weight is 252 g/mol. The van der Waals surface area contributed by atoms with E-state index in [1.165, 1.54) is 0 Å². The molecule has 0 saturated carbocycles. The quantitative estimate of drug-likeness (QED) is 0.599. The van der Waals surface area contributed by atoms with Crippen molar-refractivity contribution in [3.63, 3.8) is 0 Å². The number of benzene rings is 1. The van der Waals surface area contributed by atoms with Crippen LogP contribution in [0.15, 0.2) is 36.4 Å². The molecule has 0 aliphatic rings. The van der Waals surface area contributed by atoms with Gasteiger partial charge in [-0.2, -0.15) is 0 Å². The second kappa shape index (κ2) is 4.64. The van der Waals surface area contributed by atoms with Crippen molar-refractivity contribution < 1.29 is 4.79 Å². The summed E-state index contributed by atoms with van der Waals surface area (Å²) in [4.78, 5) is 14.7. The van der Waals surface area contributed by atoms with Crippen LogP contribution >= 0.6 is 23.2 Å². The minimum absolute atomic E-state index is 0.309. The van der Waals surface area contributed by atoms with Gasteiger partial charge in [0.25, 0.3) is 0 Å². The minimum Gasteiger partial charge on any atom is -0.298 e. The van der Waals surface area contributed by atoms with E-state index >= 15 is 0 Å². The number of halogens is 2. The van der Waals surface area contributed by atoms with E-state index in [1.807, 2.05) is 12.1 Å². The van der Waals surface area contributed by atoms with Gasteiger partial charge in [0.15, 0.2) is 6.29 Å². The van der Waals surface area contributed by atoms with E-state index in [1.54, 1.807) is 24.3 Å². The number of hydrogen-bond acceptors (Lipinski definition) is 2. The van der Waals surface area contributed by atoms with Gasteiger partial charge >= 0.3 is 0 Å². The van der Waals surface area contributed by atoms with Crippen molar-refractivity contribution in [3.05, 3.63) is 52.3 Å². The lowest BCUT2D eigenvalue weighted by atomic mass is 10.0. The van der Waals surface area contributed by atoms with E-state index in [0.717, 1.165) is 17.4 Å². The van der Waals surface area contributed by atoms with Gasteiger partial charge < -0.3 is 0 Å². The van der Waals surface area contributed by atoms with Crippen LogP contribution in [0.5, 0.6) is 0 Å². The lowest BCUT2D eigenvalue weighted by molar-refractivity contribution is 0.112. The van der Waals surface area contributed by atoms with Crippen LogP contribution < -0.4 is 0 Å². The lowest BCUT2D eigenvalue weighted by Crippen LogP contribution is -1.88. The lowest BCUT2D eigenvalue weighted by Gasteiger charge is -2.05. The number of hydrogen-bond donors (Lipinski definition) is 0. The molecule has 0 atom stereocenters. The molecule has 0 aliphatic heterocycles. The molecule has 2 aromatic rings. The minimum atomic E-state index is 0.309. The van der Waals surface area contributed by atoms with Crippen molar-refractivity contribution >= 4 is 29.5 Å². The van der Waals surface area contributed by atoms with Crippen LogP contribution in [-0.2, 0) is 0 Å². The number of rotatable bonds is 2. The van der Waals surface area contributed by atoms with Gasteiger partial charge in [-0.1, -0.05) is 47.5 Å². The van der Waals surface area contributed by atoms with Crippen LogP contribution in [0, 0.1) is 0 Å². The molecular formula is C12H7Cl2NO. The molecule has 0 saturated heterocycles. The zero-order chi connectivity index (χ0) is 11.5. The molecule has 0 N–H and O–H groups in total. The van der Waals surface area contributed by atoms with Gasteiger partial charge in [0.05, 0.1) is 0 Å². The first-order valence-corrected chi connectivity index (χ1v) is 5.34. The normalized spacial score (nSPS) is 10.1. The fraction of sp³-hybridized carbons (Fsp3) is 0. The van der Waals surface area contributed by atoms with E-state index in [9.17, 15) is 4.79 Å². The van der Waals surface area contributed by atoms with Crippen LogP contribution in [0.2, 0.25) is 10.3 Å². The molecule has 2 rings (SSSR count). The van der Waals surface area contributed by atoms with E-state index in [4.69, 9.17) is 23.2 Å². The van der Waals surface area contributed by atoms with E-state index in [0.29, 0.717) is 15.9 Å². The highest BCUT2D eigenvalue weighted by Gasteiger charge is 2.06. The van der Waals surface area contributed by atoms with Gasteiger partial charge in [0.1, 0.15) is 10.3 Å². The summed E-state index contributed by atoms with van der Waals surface area (Å²) in [5, 5.41) is 0.617. The van der Waals surface area contributed by atoms with E-state index in [2.05, 4.69) is 4.98 Å². The van der Waals surface area contributed by atoms with Gasteiger partial charge in [0, 0.05) is 5.56 Å². The maximum atomic E-state index is 10.9. The fourth-order valence-corrected chi connectivity index (χ4v) is 1.94. The summed E-state index contributed by atoms with van der Waals surface area (Å²) >= 11 is 11.6. The largest absolute Gasteiger partial charge is 0.298 e. The molecule has 16 heavy (non-hydrogen) atoms. The molecule has 2 nitrogen and oxygen atoms in total. The first-order chi connectivity index (χ1) is 7.70. The summed E-state index contributed by atoms with van der Waals surface area (Å²) in [7, 11) is 0. The van der Waals surface area contributed by atoms with Gasteiger partial charge in [-0.3, -0.25) is 4.79 Å². The Balaban J connectivity index is 2.62. The van der Waals surface area contributed by atoms with Crippen molar-refractivity contribution in [3.8, 4) is 11.1 Å². The maximum Gasteiger partial charge on any atom is 0.150 e. The topological polar surface area (TPSA) is 30.0 Å². The molecule has 0 unspecified atom stereocenters. The summed E-state index contributed by atoms with van der Waals surface area (Å²) in [5.74, 6) is 0. The molecule has 1 aromatic heterocycles. The molecule has 1 aromatic carbocycles. The van der Waals surface area contributed by atoms with Crippen LogP contribution in [-0.4, -0.2) is 11.3 Å². The Morgan fingerprint density at radius 3 is 2.31 bits per heavy atom. The Hall–Kier alpha value is -1.38. The first kappa shape index (κ1) is 11.1. The van der Waals surface area contributed by atoms with E-state index in [-0.39, 0.29) is 0 Å². The molecule has 0 radical (unpaired) electrons. The first-order valence-electron chi connectivity index (χ1n) is 4.58. The second-order valence-corrected chi connectivity index (χ2v) is 3.98. The highest BCUT2D eigenvalue weighted by molar-refractivity contribution is 6.32. The molecular weight excluding hydrogens is 245 g/mol. The number of aldehydes is 1. The Bertz CT molecular complexity index is 520. The van der Waals surface area contributed by atoms with Crippen molar-refractivity contribution in [2.24, 2.45) is 0 Å². The summed E-state index contributed by atoms with van der Waals surface area (Å²) < 4.78 is 0. The molecule has 0 bridgehead atoms. The molecule has 1 heterocycles. The molecule has 80 valence electrons. The van der Waals surface area contributed by atoms with Crippen molar-refractivity contribution in [2.45, 2.75) is 0 Å². The van der Waals surface area contributed by atoms with E-state index < -0.39 is 0 Å². The highest BCUT2D eigenvalue weighted by Crippen LogP contribution is 2.26. The predicted molar refractivity (Wildman–Crippen MR) is 65.1 cm³/mol. The fourth-order valence-electron chi connectivity index (χ4n) is 1.48. The summed E-state index contributed by atoms with van der Waals surface area (Å²) in [5.41, 5.74) is 2.18. The Kier molecular flexibility index (Phi) is 3.22. The zero-order valence-electron chi connectivity index (χ0n) is 8.15. The van der Waals surface area contributed by atoms with Crippen LogP contribution in [0.3, 0.4) is 0 Å². The third-order valence-corrected chi connectivity index (χ3v) is 2.55. The zero-order valence-corrected chi connectivity index (χ0v) is 9.66. The van der Waals surface area contributed by atoms with Crippen LogP contribution in [0.4, 0.5) is 0 Å². The molecule has 0 amide bonds. The molecule has 0 fully saturated rings. The van der Waals surface area contributed by atoms with Crippen molar-refractivity contribution in [1.82, 2.24) is 4.98 Å². The number of carbonyl (C=O) groups excluding carboxylic acids is 1. The smallest absolute Gasteiger partial charge is 0.150 e. The summed E-state index contributed by atoms with van der Waals surface area (Å²) in [6, 6.07) is 10.6. The Morgan fingerprint density at radius 2 is 1.69 bits per heavy atom. The van der Waals surface area contributed by atoms with Crippen LogP contribution in [0.25, 0.3) is 11.1 Å². The van der Waals surface area contributed by atoms with Gasteiger partial charge in [0.2, 0.25) is 0 Å². The predicted octanol–water partition coefficient (Wildman–Crippen LogP) is 3.87. The number of carbonyl (C=O) groups is 1. The average Bonchev–Trinajstić information content (AvgIpc) is 2.27. The number of aromatic nitrogens is 1. The molecule has 0 spiro atoms. The number of pyridine rings is 1. The number of nitrogens with zero attached hydrogens (tertiary/aromatic N) is 1. The monoisotopic (exact) mass is 251 g/mol. The third-order valence-electron chi connectivity index (χ3n) is 2.16. The SMILES string of the molecule is O=Cc1ccccc1-c1cc(Cl)nc(Cl)c1. The summed E-state index contributed by atoms with van der Waals surface area (Å²) in [6.45, 7) is 0. The standard InChI is InChI=1S/C12H7Cl2NO/c13-11-5-9(6-12(14)15-11)10-4-2-1-3-8(10)7-16/h1-7H. The summed E-state index contributed by atoms with van der Waals surface area (Å²) in [6.07, 6.45) is 0.803. The highest BCUT2D eigenvalue weighted by atomic mass is 35.5. The molecule has 4 heteroatoms. The van der Waals surface area contributed by atoms with Crippen LogP contribution in [0.1, 0.15) is 10.4 Å².